The fraction of sp³-hybridized carbons (Fsp3) is 0.500. The maximum Gasteiger partial charge on any atom is 0.248 e. The van der Waals surface area contributed by atoms with Gasteiger partial charge in [-0.2, -0.15) is 0 Å². The first-order valence-electron chi connectivity index (χ1n) is 8.13. The summed E-state index contributed by atoms with van der Waals surface area (Å²) in [4.78, 5) is 0. The van der Waals surface area contributed by atoms with Crippen molar-refractivity contribution in [1.29, 1.82) is 0 Å². The molecule has 1 atom stereocenters. The van der Waals surface area contributed by atoms with Gasteiger partial charge in [0.05, 0.1) is 0 Å². The lowest BCUT2D eigenvalue weighted by Crippen LogP contribution is -2.36. The molecule has 1 unspecified atom stereocenters. The van der Waals surface area contributed by atoms with Gasteiger partial charge in [-0.1, -0.05) is 57.3 Å². The molecule has 0 saturated heterocycles. The quantitative estimate of drug-likeness (QED) is 0.538. The Balaban J connectivity index is 2.27. The molecular formula is C20H26F2. The SMILES string of the molecule is C=CC(=C)c1cccc(C(C)C2(CC)CCC(F)(F)CC2)c1. The van der Waals surface area contributed by atoms with Gasteiger partial charge in [-0.3, -0.25) is 0 Å². The van der Waals surface area contributed by atoms with E-state index >= 15 is 0 Å². The Morgan fingerprint density at radius 1 is 1.27 bits per heavy atom. The van der Waals surface area contributed by atoms with Crippen molar-refractivity contribution < 1.29 is 8.78 Å². The largest absolute Gasteiger partial charge is 0.248 e. The van der Waals surface area contributed by atoms with Crippen LogP contribution in [0, 0.1) is 5.41 Å². The molecule has 1 aliphatic carbocycles. The second-order valence-electron chi connectivity index (χ2n) is 6.65. The van der Waals surface area contributed by atoms with E-state index in [2.05, 4.69) is 39.1 Å². The third kappa shape index (κ3) is 3.31. The fourth-order valence-electron chi connectivity index (χ4n) is 3.69. The van der Waals surface area contributed by atoms with E-state index in [0.717, 1.165) is 17.6 Å². The lowest BCUT2D eigenvalue weighted by Gasteiger charge is -2.44. The van der Waals surface area contributed by atoms with E-state index in [1.807, 2.05) is 12.1 Å². The first-order valence-corrected chi connectivity index (χ1v) is 8.13. The van der Waals surface area contributed by atoms with Crippen LogP contribution in [0.5, 0.6) is 0 Å². The monoisotopic (exact) mass is 304 g/mol. The Morgan fingerprint density at radius 3 is 2.45 bits per heavy atom. The summed E-state index contributed by atoms with van der Waals surface area (Å²) in [6.45, 7) is 12.1. The highest BCUT2D eigenvalue weighted by atomic mass is 19.3. The molecule has 0 aliphatic heterocycles. The predicted molar refractivity (Wildman–Crippen MR) is 90.2 cm³/mol. The number of rotatable bonds is 5. The highest BCUT2D eigenvalue weighted by Gasteiger charge is 2.45. The molecule has 1 aliphatic rings. The molecule has 0 amide bonds. The van der Waals surface area contributed by atoms with Gasteiger partial charge in [0.2, 0.25) is 5.92 Å². The van der Waals surface area contributed by atoms with E-state index in [1.54, 1.807) is 6.08 Å². The molecule has 2 heteroatoms. The van der Waals surface area contributed by atoms with E-state index < -0.39 is 5.92 Å². The maximum atomic E-state index is 13.5. The van der Waals surface area contributed by atoms with Gasteiger partial charge in [-0.25, -0.2) is 8.78 Å². The standard InChI is InChI=1S/C20H26F2/c1-5-15(3)17-8-7-9-18(14-17)16(4)19(6-2)10-12-20(21,22)13-11-19/h5,7-9,14,16H,1,3,6,10-13H2,2,4H3. The highest BCUT2D eigenvalue weighted by Crippen LogP contribution is 2.53. The Kier molecular flexibility index (Phi) is 4.89. The summed E-state index contributed by atoms with van der Waals surface area (Å²) in [6, 6.07) is 8.29. The summed E-state index contributed by atoms with van der Waals surface area (Å²) in [5, 5.41) is 0. The minimum atomic E-state index is -2.47. The van der Waals surface area contributed by atoms with E-state index in [4.69, 9.17) is 0 Å². The third-order valence-electron chi connectivity index (χ3n) is 5.60. The van der Waals surface area contributed by atoms with Crippen molar-refractivity contribution in [3.63, 3.8) is 0 Å². The Bertz CT molecular complexity index is 547. The normalized spacial score (nSPS) is 21.1. The van der Waals surface area contributed by atoms with Crippen LogP contribution in [-0.4, -0.2) is 5.92 Å². The molecular weight excluding hydrogens is 278 g/mol. The fourth-order valence-corrected chi connectivity index (χ4v) is 3.69. The lowest BCUT2D eigenvalue weighted by molar-refractivity contribution is -0.0730. The van der Waals surface area contributed by atoms with Crippen LogP contribution < -0.4 is 0 Å². The van der Waals surface area contributed by atoms with Crippen molar-refractivity contribution in [2.75, 3.05) is 0 Å². The van der Waals surface area contributed by atoms with Crippen molar-refractivity contribution in [3.8, 4) is 0 Å². The lowest BCUT2D eigenvalue weighted by atomic mass is 9.62. The molecule has 0 radical (unpaired) electrons. The summed E-state index contributed by atoms with van der Waals surface area (Å²) >= 11 is 0. The summed E-state index contributed by atoms with van der Waals surface area (Å²) in [7, 11) is 0. The number of halogens is 2. The van der Waals surface area contributed by atoms with Gasteiger partial charge in [0.25, 0.3) is 0 Å². The molecule has 0 nitrogen and oxygen atoms in total. The molecule has 0 N–H and O–H groups in total. The maximum absolute atomic E-state index is 13.5. The minimum absolute atomic E-state index is 0.0180. The average Bonchev–Trinajstić information content (AvgIpc) is 2.54. The van der Waals surface area contributed by atoms with Crippen LogP contribution in [-0.2, 0) is 0 Å². The van der Waals surface area contributed by atoms with Gasteiger partial charge in [-0.05, 0) is 47.3 Å². The Morgan fingerprint density at radius 2 is 1.91 bits per heavy atom. The van der Waals surface area contributed by atoms with Gasteiger partial charge in [0, 0.05) is 12.8 Å². The average molecular weight is 304 g/mol. The number of hydrogen-bond acceptors (Lipinski definition) is 0. The van der Waals surface area contributed by atoms with E-state index in [-0.39, 0.29) is 24.2 Å². The van der Waals surface area contributed by atoms with Crippen molar-refractivity contribution >= 4 is 5.57 Å². The second kappa shape index (κ2) is 6.36. The van der Waals surface area contributed by atoms with Crippen molar-refractivity contribution in [2.24, 2.45) is 5.41 Å². The van der Waals surface area contributed by atoms with Gasteiger partial charge in [0.15, 0.2) is 0 Å². The molecule has 2 rings (SSSR count). The summed E-state index contributed by atoms with van der Waals surface area (Å²) in [5.41, 5.74) is 3.16. The zero-order valence-electron chi connectivity index (χ0n) is 13.7. The summed E-state index contributed by atoms with van der Waals surface area (Å²) < 4.78 is 27.1. The second-order valence-corrected chi connectivity index (χ2v) is 6.65. The van der Waals surface area contributed by atoms with Gasteiger partial charge in [0.1, 0.15) is 0 Å². The molecule has 1 fully saturated rings. The Labute approximate surface area is 132 Å². The zero-order valence-corrected chi connectivity index (χ0v) is 13.7. The van der Waals surface area contributed by atoms with E-state index in [0.29, 0.717) is 12.8 Å². The van der Waals surface area contributed by atoms with Gasteiger partial charge >= 0.3 is 0 Å². The van der Waals surface area contributed by atoms with Crippen LogP contribution in [0.4, 0.5) is 8.78 Å². The molecule has 1 saturated carbocycles. The van der Waals surface area contributed by atoms with Crippen molar-refractivity contribution in [3.05, 3.63) is 54.6 Å². The van der Waals surface area contributed by atoms with Crippen LogP contribution in [0.2, 0.25) is 0 Å². The smallest absolute Gasteiger partial charge is 0.207 e. The molecule has 0 heterocycles. The number of alkyl halides is 2. The molecule has 120 valence electrons. The summed E-state index contributed by atoms with van der Waals surface area (Å²) in [6.07, 6.45) is 3.93. The molecule has 1 aromatic carbocycles. The van der Waals surface area contributed by atoms with Crippen LogP contribution in [0.15, 0.2) is 43.5 Å². The summed E-state index contributed by atoms with van der Waals surface area (Å²) in [5.74, 6) is -2.21. The van der Waals surface area contributed by atoms with Crippen LogP contribution in [0.1, 0.15) is 63.0 Å². The number of allylic oxidation sites excluding steroid dienone is 2. The number of benzene rings is 1. The first-order chi connectivity index (χ1) is 10.3. The van der Waals surface area contributed by atoms with Crippen molar-refractivity contribution in [2.45, 2.75) is 57.8 Å². The van der Waals surface area contributed by atoms with Crippen molar-refractivity contribution in [1.82, 2.24) is 0 Å². The van der Waals surface area contributed by atoms with Crippen LogP contribution in [0.25, 0.3) is 5.57 Å². The molecule has 0 spiro atoms. The number of hydrogen-bond donors (Lipinski definition) is 0. The Hall–Kier alpha value is -1.44. The van der Waals surface area contributed by atoms with E-state index in [9.17, 15) is 8.78 Å². The van der Waals surface area contributed by atoms with E-state index in [1.165, 1.54) is 5.56 Å². The zero-order chi connectivity index (χ0) is 16.4. The molecule has 1 aromatic rings. The minimum Gasteiger partial charge on any atom is -0.207 e. The molecule has 22 heavy (non-hydrogen) atoms. The topological polar surface area (TPSA) is 0 Å². The van der Waals surface area contributed by atoms with Gasteiger partial charge in [-0.15, -0.1) is 0 Å². The predicted octanol–water partition coefficient (Wildman–Crippen LogP) is 6.60. The first kappa shape index (κ1) is 16.9. The van der Waals surface area contributed by atoms with Crippen LogP contribution >= 0.6 is 0 Å². The third-order valence-corrected chi connectivity index (χ3v) is 5.60. The highest BCUT2D eigenvalue weighted by molar-refractivity contribution is 5.71. The van der Waals surface area contributed by atoms with Crippen LogP contribution in [0.3, 0.4) is 0 Å². The molecule has 0 aromatic heterocycles. The molecule has 0 bridgehead atoms. The van der Waals surface area contributed by atoms with Gasteiger partial charge < -0.3 is 0 Å².